The zero-order valence-corrected chi connectivity index (χ0v) is 13.2. The normalized spacial score (nSPS) is 15.7. The number of aliphatic hydroxyl groups excluding tert-OH is 1. The fourth-order valence-corrected chi connectivity index (χ4v) is 3.02. The number of aliphatic hydroxyl groups is 1. The van der Waals surface area contributed by atoms with Crippen LogP contribution in [0, 0.1) is 0 Å². The largest absolute Gasteiger partial charge is 0.478 e. The highest BCUT2D eigenvalue weighted by Gasteiger charge is 2.21. The minimum absolute atomic E-state index is 0.124. The summed E-state index contributed by atoms with van der Waals surface area (Å²) in [4.78, 5) is 17.8. The average molecular weight is 333 g/mol. The molecule has 0 bridgehead atoms. The van der Waals surface area contributed by atoms with Crippen LogP contribution in [0.2, 0.25) is 5.02 Å². The van der Waals surface area contributed by atoms with E-state index in [2.05, 4.69) is 9.88 Å². The maximum Gasteiger partial charge on any atom is 0.337 e. The highest BCUT2D eigenvalue weighted by atomic mass is 35.5. The molecule has 1 fully saturated rings. The number of hydrogen-bond donors (Lipinski definition) is 2. The fraction of sp³-hybridized carbons (Fsp3) is 0.294. The lowest BCUT2D eigenvalue weighted by Crippen LogP contribution is -2.36. The molecular weight excluding hydrogens is 316 g/mol. The summed E-state index contributed by atoms with van der Waals surface area (Å²) in [5.74, 6) is -0.329. The van der Waals surface area contributed by atoms with Gasteiger partial charge in [-0.3, -0.25) is 0 Å². The fourth-order valence-electron chi connectivity index (χ4n) is 2.79. The second-order valence-corrected chi connectivity index (χ2v) is 6.00. The minimum atomic E-state index is -1.03. The van der Waals surface area contributed by atoms with E-state index in [9.17, 15) is 15.0 Å². The van der Waals surface area contributed by atoms with Crippen molar-refractivity contribution in [3.8, 4) is 11.1 Å². The molecule has 1 aromatic heterocycles. The third kappa shape index (κ3) is 3.30. The molecule has 0 radical (unpaired) electrons. The molecule has 0 spiro atoms. The summed E-state index contributed by atoms with van der Waals surface area (Å²) in [5.41, 5.74) is 1.35. The zero-order chi connectivity index (χ0) is 16.4. The van der Waals surface area contributed by atoms with Crippen LogP contribution in [0.3, 0.4) is 0 Å². The molecule has 1 aliphatic heterocycles. The van der Waals surface area contributed by atoms with Gasteiger partial charge in [0.15, 0.2) is 0 Å². The zero-order valence-electron chi connectivity index (χ0n) is 12.4. The van der Waals surface area contributed by atoms with Crippen molar-refractivity contribution >= 4 is 23.4 Å². The van der Waals surface area contributed by atoms with Crippen molar-refractivity contribution in [3.63, 3.8) is 0 Å². The van der Waals surface area contributed by atoms with Crippen LogP contribution in [-0.2, 0) is 0 Å². The Morgan fingerprint density at radius 3 is 2.57 bits per heavy atom. The Morgan fingerprint density at radius 1 is 1.22 bits per heavy atom. The van der Waals surface area contributed by atoms with Gasteiger partial charge in [-0.2, -0.15) is 0 Å². The third-order valence-electron chi connectivity index (χ3n) is 4.07. The van der Waals surface area contributed by atoms with Crippen molar-refractivity contribution in [1.82, 2.24) is 4.98 Å². The van der Waals surface area contributed by atoms with Crippen LogP contribution in [0.15, 0.2) is 36.5 Å². The van der Waals surface area contributed by atoms with Crippen molar-refractivity contribution in [3.05, 3.63) is 47.1 Å². The second-order valence-electron chi connectivity index (χ2n) is 5.59. The average Bonchev–Trinajstić information content (AvgIpc) is 2.55. The van der Waals surface area contributed by atoms with Crippen LogP contribution < -0.4 is 4.90 Å². The van der Waals surface area contributed by atoms with Crippen LogP contribution in [0.1, 0.15) is 23.2 Å². The summed E-state index contributed by atoms with van der Waals surface area (Å²) in [6.45, 7) is 1.39. The van der Waals surface area contributed by atoms with Crippen molar-refractivity contribution < 1.29 is 15.0 Å². The van der Waals surface area contributed by atoms with Crippen molar-refractivity contribution in [2.45, 2.75) is 18.9 Å². The van der Waals surface area contributed by atoms with Gasteiger partial charge in [0, 0.05) is 35.4 Å². The van der Waals surface area contributed by atoms with Crippen LogP contribution >= 0.6 is 11.6 Å². The molecule has 2 heterocycles. The van der Waals surface area contributed by atoms with E-state index < -0.39 is 5.97 Å². The molecule has 1 saturated heterocycles. The van der Waals surface area contributed by atoms with Gasteiger partial charge in [-0.05, 0) is 25.0 Å². The first-order valence-corrected chi connectivity index (χ1v) is 7.85. The van der Waals surface area contributed by atoms with Gasteiger partial charge in [0.1, 0.15) is 5.82 Å². The SMILES string of the molecule is O=C(O)c1cnc(N2CCC(O)CC2)cc1-c1ccccc1Cl. The van der Waals surface area contributed by atoms with Gasteiger partial charge in [-0.1, -0.05) is 29.8 Å². The first-order valence-electron chi connectivity index (χ1n) is 7.47. The molecule has 1 aromatic carbocycles. The van der Waals surface area contributed by atoms with Crippen LogP contribution in [0.5, 0.6) is 0 Å². The van der Waals surface area contributed by atoms with E-state index in [1.807, 2.05) is 6.07 Å². The number of halogens is 1. The Kier molecular flexibility index (Phi) is 4.50. The van der Waals surface area contributed by atoms with Crippen LogP contribution in [0.25, 0.3) is 11.1 Å². The van der Waals surface area contributed by atoms with E-state index in [0.717, 1.165) is 0 Å². The quantitative estimate of drug-likeness (QED) is 0.903. The lowest BCUT2D eigenvalue weighted by molar-refractivity contribution is 0.0697. The van der Waals surface area contributed by atoms with Crippen molar-refractivity contribution in [1.29, 1.82) is 0 Å². The van der Waals surface area contributed by atoms with E-state index in [1.165, 1.54) is 6.20 Å². The lowest BCUT2D eigenvalue weighted by atomic mass is 10.0. The number of rotatable bonds is 3. The number of carboxylic acid groups (broad SMARTS) is 1. The van der Waals surface area contributed by atoms with Gasteiger partial charge >= 0.3 is 5.97 Å². The number of carbonyl (C=O) groups is 1. The Morgan fingerprint density at radius 2 is 1.91 bits per heavy atom. The summed E-state index contributed by atoms with van der Waals surface area (Å²) in [6.07, 6.45) is 2.47. The van der Waals surface area contributed by atoms with E-state index >= 15 is 0 Å². The van der Waals surface area contributed by atoms with Gasteiger partial charge in [-0.25, -0.2) is 9.78 Å². The molecule has 5 nitrogen and oxygen atoms in total. The highest BCUT2D eigenvalue weighted by Crippen LogP contribution is 2.33. The highest BCUT2D eigenvalue weighted by molar-refractivity contribution is 6.33. The number of nitrogens with zero attached hydrogens (tertiary/aromatic N) is 2. The van der Waals surface area contributed by atoms with E-state index in [4.69, 9.17) is 11.6 Å². The van der Waals surface area contributed by atoms with Crippen LogP contribution in [-0.4, -0.2) is 40.4 Å². The van der Waals surface area contributed by atoms with Gasteiger partial charge in [0.2, 0.25) is 0 Å². The Balaban J connectivity index is 2.04. The first kappa shape index (κ1) is 15.8. The number of benzene rings is 1. The third-order valence-corrected chi connectivity index (χ3v) is 4.40. The van der Waals surface area contributed by atoms with Gasteiger partial charge in [0.05, 0.1) is 11.7 Å². The number of anilines is 1. The number of aromatic carboxylic acids is 1. The summed E-state index contributed by atoms with van der Waals surface area (Å²) in [6, 6.07) is 8.93. The number of carboxylic acids is 1. The maximum absolute atomic E-state index is 11.5. The van der Waals surface area contributed by atoms with Gasteiger partial charge in [-0.15, -0.1) is 0 Å². The lowest BCUT2D eigenvalue weighted by Gasteiger charge is -2.30. The second kappa shape index (κ2) is 6.56. The van der Waals surface area contributed by atoms with Gasteiger partial charge in [0.25, 0.3) is 0 Å². The molecule has 0 saturated carbocycles. The van der Waals surface area contributed by atoms with Gasteiger partial charge < -0.3 is 15.1 Å². The smallest absolute Gasteiger partial charge is 0.337 e. The molecule has 6 heteroatoms. The molecule has 0 amide bonds. The predicted octanol–water partition coefficient (Wildman–Crippen LogP) is 3.06. The van der Waals surface area contributed by atoms with Crippen molar-refractivity contribution in [2.75, 3.05) is 18.0 Å². The minimum Gasteiger partial charge on any atom is -0.478 e. The number of pyridine rings is 1. The van der Waals surface area contributed by atoms with E-state index in [0.29, 0.717) is 47.9 Å². The summed E-state index contributed by atoms with van der Waals surface area (Å²) < 4.78 is 0. The molecule has 1 aliphatic rings. The molecule has 120 valence electrons. The summed E-state index contributed by atoms with van der Waals surface area (Å²) >= 11 is 6.23. The Bertz CT molecular complexity index is 728. The Labute approximate surface area is 139 Å². The van der Waals surface area contributed by atoms with E-state index in [1.54, 1.807) is 24.3 Å². The van der Waals surface area contributed by atoms with Crippen LogP contribution in [0.4, 0.5) is 5.82 Å². The molecule has 2 aromatic rings. The maximum atomic E-state index is 11.5. The molecule has 0 aliphatic carbocycles. The standard InChI is InChI=1S/C17H17ClN2O3/c18-15-4-2-1-3-12(15)13-9-16(19-10-14(13)17(22)23)20-7-5-11(21)6-8-20/h1-4,9-11,21H,5-8H2,(H,22,23). The topological polar surface area (TPSA) is 73.7 Å². The number of hydrogen-bond acceptors (Lipinski definition) is 4. The molecule has 0 atom stereocenters. The molecule has 0 unspecified atom stereocenters. The molecule has 23 heavy (non-hydrogen) atoms. The Hall–Kier alpha value is -2.11. The first-order chi connectivity index (χ1) is 11.1. The molecule has 3 rings (SSSR count). The molecule has 2 N–H and O–H groups in total. The predicted molar refractivity (Wildman–Crippen MR) is 89.1 cm³/mol. The molecular formula is C17H17ClN2O3. The number of aromatic nitrogens is 1. The van der Waals surface area contributed by atoms with Crippen molar-refractivity contribution in [2.24, 2.45) is 0 Å². The number of piperidine rings is 1. The summed E-state index contributed by atoms with van der Waals surface area (Å²) in [7, 11) is 0. The summed E-state index contributed by atoms with van der Waals surface area (Å²) in [5, 5.41) is 19.5. The van der Waals surface area contributed by atoms with E-state index in [-0.39, 0.29) is 11.7 Å². The monoisotopic (exact) mass is 332 g/mol.